The predicted molar refractivity (Wildman–Crippen MR) is 149 cm³/mol. The molecule has 0 unspecified atom stereocenters. The summed E-state index contributed by atoms with van der Waals surface area (Å²) in [7, 11) is -3.69. The second kappa shape index (κ2) is 13.4. The van der Waals surface area contributed by atoms with E-state index in [0.717, 1.165) is 33.7 Å². The summed E-state index contributed by atoms with van der Waals surface area (Å²) >= 11 is 0. The molecule has 3 rings (SSSR count). The molecule has 10 heteroatoms. The molecule has 0 aliphatic heterocycles. The van der Waals surface area contributed by atoms with Gasteiger partial charge in [0.1, 0.15) is 12.3 Å². The van der Waals surface area contributed by atoms with E-state index in [0.29, 0.717) is 23.5 Å². The lowest BCUT2D eigenvalue weighted by atomic mass is 10.1. The maximum Gasteiger partial charge on any atom is 0.260 e. The number of carbonyl (C=O) groups is 2. The Balaban J connectivity index is 1.46. The van der Waals surface area contributed by atoms with E-state index >= 15 is 0 Å². The molecule has 0 spiro atoms. The molecule has 200 valence electrons. The summed E-state index contributed by atoms with van der Waals surface area (Å²) in [4.78, 5) is 24.4. The maximum atomic E-state index is 12.4. The lowest BCUT2D eigenvalue weighted by Crippen LogP contribution is -2.39. The number of hydrogen-bond donors (Lipinski definition) is 2. The molecule has 38 heavy (non-hydrogen) atoms. The smallest absolute Gasteiger partial charge is 0.260 e. The molecule has 2 amide bonds. The fourth-order valence-electron chi connectivity index (χ4n) is 3.55. The topological polar surface area (TPSA) is 117 Å². The van der Waals surface area contributed by atoms with E-state index in [1.54, 1.807) is 37.3 Å². The number of hydrazone groups is 1. The Hall–Kier alpha value is -4.18. The summed E-state index contributed by atoms with van der Waals surface area (Å²) in [5, 5.41) is 6.75. The Kier molecular flexibility index (Phi) is 10.0. The molecular weight excluding hydrogens is 504 g/mol. The number of sulfonamides is 1. The molecule has 0 aliphatic rings. The van der Waals surface area contributed by atoms with Crippen LogP contribution in [0.5, 0.6) is 5.75 Å². The zero-order valence-electron chi connectivity index (χ0n) is 21.7. The quantitative estimate of drug-likeness (QED) is 0.273. The molecule has 0 heterocycles. The summed E-state index contributed by atoms with van der Waals surface area (Å²) < 4.78 is 31.2. The third-order valence-corrected chi connectivity index (χ3v) is 6.68. The van der Waals surface area contributed by atoms with Crippen LogP contribution in [0.4, 0.5) is 5.69 Å². The van der Waals surface area contributed by atoms with Crippen LogP contribution in [0.25, 0.3) is 0 Å². The summed E-state index contributed by atoms with van der Waals surface area (Å²) in [6.07, 6.45) is 3.24. The first-order chi connectivity index (χ1) is 18.1. The van der Waals surface area contributed by atoms with Gasteiger partial charge in [-0.3, -0.25) is 13.9 Å². The second-order valence-electron chi connectivity index (χ2n) is 8.80. The molecule has 0 saturated carbocycles. The van der Waals surface area contributed by atoms with Gasteiger partial charge in [0, 0.05) is 6.54 Å². The number of nitrogens with zero attached hydrogens (tertiary/aromatic N) is 2. The third-order valence-electron chi connectivity index (χ3n) is 5.55. The van der Waals surface area contributed by atoms with Gasteiger partial charge < -0.3 is 10.1 Å². The fraction of sp³-hybridized carbons (Fsp3) is 0.250. The Labute approximate surface area is 223 Å². The fourth-order valence-corrected chi connectivity index (χ4v) is 4.46. The van der Waals surface area contributed by atoms with Crippen LogP contribution in [0.1, 0.15) is 22.3 Å². The van der Waals surface area contributed by atoms with Gasteiger partial charge in [-0.05, 0) is 72.9 Å². The van der Waals surface area contributed by atoms with Crippen molar-refractivity contribution in [1.82, 2.24) is 10.7 Å². The first-order valence-corrected chi connectivity index (χ1v) is 13.9. The number of anilines is 1. The number of ether oxygens (including phenoxy) is 1. The van der Waals surface area contributed by atoms with Crippen LogP contribution in [0.15, 0.2) is 77.9 Å². The highest BCUT2D eigenvalue weighted by molar-refractivity contribution is 7.92. The molecule has 0 bridgehead atoms. The van der Waals surface area contributed by atoms with Crippen LogP contribution in [0.3, 0.4) is 0 Å². The van der Waals surface area contributed by atoms with Gasteiger partial charge in [-0.15, -0.1) is 0 Å². The molecule has 2 N–H and O–H groups in total. The molecule has 3 aromatic rings. The first-order valence-electron chi connectivity index (χ1n) is 12.0. The zero-order chi connectivity index (χ0) is 27.5. The van der Waals surface area contributed by atoms with Gasteiger partial charge in [0.25, 0.3) is 11.8 Å². The third kappa shape index (κ3) is 9.04. The molecule has 0 radical (unpaired) electrons. The SMILES string of the molecule is Cc1ccc(C)c(N(CC(=O)N/N=C\c2ccc(OCC(=O)NCCc3ccccc3)cc2)S(C)(=O)=O)c1. The average Bonchev–Trinajstić information content (AvgIpc) is 2.88. The average molecular weight is 537 g/mol. The van der Waals surface area contributed by atoms with Crippen molar-refractivity contribution in [2.24, 2.45) is 5.10 Å². The molecule has 0 atom stereocenters. The van der Waals surface area contributed by atoms with Crippen LogP contribution in [0.2, 0.25) is 0 Å². The van der Waals surface area contributed by atoms with Gasteiger partial charge in [0.15, 0.2) is 6.61 Å². The largest absolute Gasteiger partial charge is 0.484 e. The highest BCUT2D eigenvalue weighted by Crippen LogP contribution is 2.23. The van der Waals surface area contributed by atoms with Crippen molar-refractivity contribution in [2.45, 2.75) is 20.3 Å². The van der Waals surface area contributed by atoms with E-state index < -0.39 is 22.5 Å². The van der Waals surface area contributed by atoms with Crippen LogP contribution < -0.4 is 19.8 Å². The van der Waals surface area contributed by atoms with Gasteiger partial charge in [-0.2, -0.15) is 5.10 Å². The van der Waals surface area contributed by atoms with Crippen molar-refractivity contribution in [3.63, 3.8) is 0 Å². The monoisotopic (exact) mass is 536 g/mol. The van der Waals surface area contributed by atoms with E-state index in [2.05, 4.69) is 15.8 Å². The first kappa shape index (κ1) is 28.4. The highest BCUT2D eigenvalue weighted by atomic mass is 32.2. The van der Waals surface area contributed by atoms with E-state index in [1.807, 2.05) is 49.4 Å². The highest BCUT2D eigenvalue weighted by Gasteiger charge is 2.22. The van der Waals surface area contributed by atoms with E-state index in [9.17, 15) is 18.0 Å². The summed E-state index contributed by atoms with van der Waals surface area (Å²) in [6, 6.07) is 22.1. The molecule has 0 fully saturated rings. The van der Waals surface area contributed by atoms with Crippen molar-refractivity contribution in [3.05, 3.63) is 95.1 Å². The van der Waals surface area contributed by atoms with Crippen molar-refractivity contribution in [3.8, 4) is 5.75 Å². The summed E-state index contributed by atoms with van der Waals surface area (Å²) in [5.41, 5.74) is 6.27. The lowest BCUT2D eigenvalue weighted by Gasteiger charge is -2.23. The van der Waals surface area contributed by atoms with Gasteiger partial charge in [-0.25, -0.2) is 13.8 Å². The van der Waals surface area contributed by atoms with Crippen molar-refractivity contribution >= 4 is 33.7 Å². The minimum absolute atomic E-state index is 0.102. The van der Waals surface area contributed by atoms with E-state index in [-0.39, 0.29) is 12.5 Å². The van der Waals surface area contributed by atoms with Crippen molar-refractivity contribution in [2.75, 3.05) is 30.3 Å². The maximum absolute atomic E-state index is 12.4. The normalized spacial score (nSPS) is 11.2. The van der Waals surface area contributed by atoms with Crippen LogP contribution in [-0.2, 0) is 26.0 Å². The molecular formula is C28H32N4O5S. The van der Waals surface area contributed by atoms with Crippen LogP contribution in [-0.4, -0.2) is 52.4 Å². The minimum atomic E-state index is -3.69. The van der Waals surface area contributed by atoms with E-state index in [1.165, 1.54) is 6.21 Å². The zero-order valence-corrected chi connectivity index (χ0v) is 22.5. The minimum Gasteiger partial charge on any atom is -0.484 e. The Bertz CT molecular complexity index is 1370. The Morgan fingerprint density at radius 1 is 0.974 bits per heavy atom. The van der Waals surface area contributed by atoms with Gasteiger partial charge >= 0.3 is 0 Å². The number of amides is 2. The van der Waals surface area contributed by atoms with Gasteiger partial charge in [0.2, 0.25) is 10.0 Å². The molecule has 0 aliphatic carbocycles. The second-order valence-corrected chi connectivity index (χ2v) is 10.7. The van der Waals surface area contributed by atoms with Crippen molar-refractivity contribution in [1.29, 1.82) is 0 Å². The molecule has 9 nitrogen and oxygen atoms in total. The lowest BCUT2D eigenvalue weighted by molar-refractivity contribution is -0.123. The molecule has 3 aromatic carbocycles. The number of benzene rings is 3. The van der Waals surface area contributed by atoms with Crippen molar-refractivity contribution < 1.29 is 22.7 Å². The number of aryl methyl sites for hydroxylation is 2. The van der Waals surface area contributed by atoms with E-state index in [4.69, 9.17) is 4.74 Å². The molecule has 0 saturated heterocycles. The summed E-state index contributed by atoms with van der Waals surface area (Å²) in [6.45, 7) is 3.66. The number of carbonyl (C=O) groups excluding carboxylic acids is 2. The number of hydrogen-bond acceptors (Lipinski definition) is 6. The van der Waals surface area contributed by atoms with Gasteiger partial charge in [0.05, 0.1) is 18.2 Å². The number of nitrogens with one attached hydrogen (secondary N) is 2. The Morgan fingerprint density at radius 3 is 2.37 bits per heavy atom. The predicted octanol–water partition coefficient (Wildman–Crippen LogP) is 2.96. The Morgan fingerprint density at radius 2 is 1.68 bits per heavy atom. The number of rotatable bonds is 12. The van der Waals surface area contributed by atoms with Gasteiger partial charge in [-0.1, -0.05) is 42.5 Å². The van der Waals surface area contributed by atoms with Crippen LogP contribution >= 0.6 is 0 Å². The standard InChI is InChI=1S/C28H32N4O5S/c1-21-9-10-22(2)26(17-21)32(38(3,35)36)19-27(33)31-30-18-24-11-13-25(14-12-24)37-20-28(34)29-16-15-23-7-5-4-6-8-23/h4-14,17-18H,15-16,19-20H2,1-3H3,(H,29,34)(H,31,33)/b30-18-. The summed E-state index contributed by atoms with van der Waals surface area (Å²) in [5.74, 6) is -0.272. The van der Waals surface area contributed by atoms with Crippen LogP contribution in [0, 0.1) is 13.8 Å². The molecule has 0 aromatic heterocycles.